The summed E-state index contributed by atoms with van der Waals surface area (Å²) in [5.41, 5.74) is 20.1. The van der Waals surface area contributed by atoms with E-state index in [1.54, 1.807) is 22.7 Å². The van der Waals surface area contributed by atoms with Gasteiger partial charge in [-0.25, -0.2) is 44.9 Å². The van der Waals surface area contributed by atoms with Crippen LogP contribution in [0.2, 0.25) is 0 Å². The van der Waals surface area contributed by atoms with Gasteiger partial charge in [-0.15, -0.1) is 22.7 Å². The summed E-state index contributed by atoms with van der Waals surface area (Å²) in [6, 6.07) is 114. The van der Waals surface area contributed by atoms with Crippen molar-refractivity contribution in [3.05, 3.63) is 334 Å². The number of para-hydroxylation sites is 2. The average molecular weight is 1390 g/mol. The monoisotopic (exact) mass is 1390 g/mol. The van der Waals surface area contributed by atoms with Crippen LogP contribution in [0.5, 0.6) is 0 Å². The van der Waals surface area contributed by atoms with Crippen molar-refractivity contribution in [2.24, 2.45) is 0 Å². The first-order valence-corrected chi connectivity index (χ1v) is 36.5. The quantitative estimate of drug-likeness (QED) is 0.122. The van der Waals surface area contributed by atoms with Gasteiger partial charge in [0.15, 0.2) is 40.5 Å². The molecule has 8 aromatic heterocycles. The van der Waals surface area contributed by atoms with Crippen molar-refractivity contribution in [2.45, 2.75) is 0 Å². The fourth-order valence-electron chi connectivity index (χ4n) is 14.2. The van der Waals surface area contributed by atoms with Gasteiger partial charge in [0.05, 0.1) is 32.9 Å². The van der Waals surface area contributed by atoms with E-state index in [2.05, 4.69) is 182 Å². The summed E-state index contributed by atoms with van der Waals surface area (Å²) in [5.74, 6) is 3.84. The molecule has 13 heteroatoms. The molecule has 0 unspecified atom stereocenters. The molecule has 11 nitrogen and oxygen atoms in total. The van der Waals surface area contributed by atoms with Crippen LogP contribution in [-0.4, -0.2) is 44.9 Å². The molecular weight excluding hydrogens is 1340 g/mol. The summed E-state index contributed by atoms with van der Waals surface area (Å²) < 4.78 is 17.7. The van der Waals surface area contributed by atoms with Gasteiger partial charge in [-0.05, 0) is 71.8 Å². The second-order valence-corrected chi connectivity index (χ2v) is 28.0. The largest absolute Gasteiger partial charge is 0.455 e. The van der Waals surface area contributed by atoms with Crippen LogP contribution in [0.15, 0.2) is 342 Å². The standard InChI is InChI=1S/C49H29N5OS.C44H26N4OS/c1-4-13-31(14-5-1)42-45-43(38-19-10-11-22-41(38)56-45)51-46(50-42)34-25-23-30(24-26-34)35-27-28-36-37-20-12-21-39(44(37)55-40(36)29-35)49-53-47(32-15-6-2-7-16-32)52-48(54-49)33-17-8-3-9-18-33;1-4-13-27(14-5-1)34-26-35(46-43(45-34)29-17-8-3-9-18-29)30-23-24-37-33(25-30)39-32(20-12-22-38(39)50-37)44-47-40(28-15-6-2-7-16-28)42-41(48-44)31-19-10-11-21-36(31)49-42/h1-29H;1-26H. The van der Waals surface area contributed by atoms with Gasteiger partial charge in [0.2, 0.25) is 0 Å². The minimum atomic E-state index is 0.560. The Kier molecular flexibility index (Phi) is 15.3. The van der Waals surface area contributed by atoms with Crippen molar-refractivity contribution in [3.63, 3.8) is 0 Å². The van der Waals surface area contributed by atoms with Gasteiger partial charge < -0.3 is 8.83 Å². The molecule has 21 rings (SSSR count). The number of hydrogen-bond donors (Lipinski definition) is 0. The topological polar surface area (TPSA) is 142 Å². The van der Waals surface area contributed by atoms with Crippen LogP contribution in [0.1, 0.15) is 0 Å². The number of aromatic nitrogens is 9. The Morgan fingerprint density at radius 3 is 1.37 bits per heavy atom. The SMILES string of the molecule is c1ccc(-c2cc(-c3ccc4sc5cccc(-c6nc(-c7ccccc7)c7oc8ccccc8c7n6)c5c4c3)nc(-c3ccccc3)n2)cc1.c1ccc(-c2nc(-c3ccccc3)nc(-c3cccc4c3oc3cc(-c5ccc(-c6nc(-c7ccccc7)c7sc8ccccc8c7n6)cc5)ccc34)n2)cc1. The zero-order chi connectivity index (χ0) is 70.0. The molecule has 0 saturated carbocycles. The molecule has 8 heterocycles. The van der Waals surface area contributed by atoms with Gasteiger partial charge in [0, 0.05) is 96.5 Å². The van der Waals surface area contributed by atoms with Crippen molar-refractivity contribution < 1.29 is 8.83 Å². The molecule has 0 radical (unpaired) electrons. The van der Waals surface area contributed by atoms with Crippen molar-refractivity contribution in [3.8, 4) is 124 Å². The maximum absolute atomic E-state index is 6.69. The highest BCUT2D eigenvalue weighted by molar-refractivity contribution is 7.26. The highest BCUT2D eigenvalue weighted by Crippen LogP contribution is 2.45. The van der Waals surface area contributed by atoms with Gasteiger partial charge in [0.1, 0.15) is 28.0 Å². The van der Waals surface area contributed by atoms with Crippen LogP contribution in [0, 0.1) is 0 Å². The Labute approximate surface area is 614 Å². The maximum Gasteiger partial charge on any atom is 0.180 e. The number of rotatable bonds is 11. The smallest absolute Gasteiger partial charge is 0.180 e. The van der Waals surface area contributed by atoms with Crippen molar-refractivity contribution in [1.82, 2.24) is 44.9 Å². The van der Waals surface area contributed by atoms with Crippen LogP contribution in [0.25, 0.3) is 209 Å². The van der Waals surface area contributed by atoms with E-state index in [1.165, 1.54) is 14.1 Å². The third-order valence-electron chi connectivity index (χ3n) is 19.3. The first-order valence-electron chi connectivity index (χ1n) is 34.9. The Balaban J connectivity index is 0.000000141. The van der Waals surface area contributed by atoms with E-state index in [0.717, 1.165) is 154 Å². The van der Waals surface area contributed by atoms with Crippen molar-refractivity contribution >= 4 is 107 Å². The molecule has 0 amide bonds. The summed E-state index contributed by atoms with van der Waals surface area (Å²) in [4.78, 5) is 45.7. The molecule has 0 atom stereocenters. The molecule has 21 aromatic rings. The van der Waals surface area contributed by atoms with Crippen LogP contribution in [0.3, 0.4) is 0 Å². The van der Waals surface area contributed by atoms with Crippen LogP contribution in [0.4, 0.5) is 0 Å². The first kappa shape index (κ1) is 62.0. The number of benzene rings is 13. The maximum atomic E-state index is 6.69. The lowest BCUT2D eigenvalue weighted by Gasteiger charge is -2.10. The molecule has 0 aliphatic rings. The van der Waals surface area contributed by atoms with Gasteiger partial charge in [-0.1, -0.05) is 273 Å². The van der Waals surface area contributed by atoms with Crippen molar-refractivity contribution in [2.75, 3.05) is 0 Å². The third-order valence-corrected chi connectivity index (χ3v) is 21.6. The molecular formula is C93H55N9O2S2. The molecule has 0 N–H and O–H groups in total. The second kappa shape index (κ2) is 26.2. The number of hydrogen-bond acceptors (Lipinski definition) is 13. The van der Waals surface area contributed by atoms with E-state index in [0.29, 0.717) is 40.5 Å². The molecule has 13 aromatic carbocycles. The lowest BCUT2D eigenvalue weighted by molar-refractivity contribution is 0.667. The predicted molar refractivity (Wildman–Crippen MR) is 433 cm³/mol. The molecule has 0 bridgehead atoms. The Morgan fingerprint density at radius 1 is 0.217 bits per heavy atom. The Morgan fingerprint density at radius 2 is 0.679 bits per heavy atom. The van der Waals surface area contributed by atoms with Gasteiger partial charge in [-0.2, -0.15) is 0 Å². The fraction of sp³-hybridized carbons (Fsp3) is 0. The fourth-order valence-corrected chi connectivity index (χ4v) is 16.4. The van der Waals surface area contributed by atoms with Crippen molar-refractivity contribution in [1.29, 1.82) is 0 Å². The zero-order valence-electron chi connectivity index (χ0n) is 56.4. The average Bonchev–Trinajstić information content (AvgIpc) is 1.58. The molecule has 0 aliphatic carbocycles. The highest BCUT2D eigenvalue weighted by atomic mass is 32.1. The number of furan rings is 2. The summed E-state index contributed by atoms with van der Waals surface area (Å²) in [7, 11) is 0. The molecule has 496 valence electrons. The van der Waals surface area contributed by atoms with Crippen LogP contribution in [-0.2, 0) is 0 Å². The number of thiophene rings is 2. The second-order valence-electron chi connectivity index (χ2n) is 25.9. The van der Waals surface area contributed by atoms with E-state index in [9.17, 15) is 0 Å². The van der Waals surface area contributed by atoms with E-state index in [4.69, 9.17) is 53.7 Å². The van der Waals surface area contributed by atoms with Gasteiger partial charge in [-0.3, -0.25) is 0 Å². The first-order chi connectivity index (χ1) is 52.5. The summed E-state index contributed by atoms with van der Waals surface area (Å²) in [5, 5.41) is 6.42. The van der Waals surface area contributed by atoms with E-state index in [1.807, 2.05) is 152 Å². The lowest BCUT2D eigenvalue weighted by Crippen LogP contribution is -2.00. The van der Waals surface area contributed by atoms with E-state index in [-0.39, 0.29) is 0 Å². The normalized spacial score (nSPS) is 11.6. The Hall–Kier alpha value is -13.9. The third kappa shape index (κ3) is 11.3. The minimum Gasteiger partial charge on any atom is -0.455 e. The van der Waals surface area contributed by atoms with Crippen LogP contribution < -0.4 is 0 Å². The Bertz CT molecular complexity index is 6820. The predicted octanol–water partition coefficient (Wildman–Crippen LogP) is 24.8. The van der Waals surface area contributed by atoms with Gasteiger partial charge in [0.25, 0.3) is 0 Å². The number of nitrogens with zero attached hydrogens (tertiary/aromatic N) is 9. The molecule has 0 aliphatic heterocycles. The highest BCUT2D eigenvalue weighted by Gasteiger charge is 2.24. The summed E-state index contributed by atoms with van der Waals surface area (Å²) in [6.07, 6.45) is 0. The molecule has 0 spiro atoms. The lowest BCUT2D eigenvalue weighted by atomic mass is 10.0. The number of fused-ring (bicyclic) bond motifs is 12. The minimum absolute atomic E-state index is 0.560. The van der Waals surface area contributed by atoms with Crippen LogP contribution >= 0.6 is 22.7 Å². The van der Waals surface area contributed by atoms with E-state index >= 15 is 0 Å². The summed E-state index contributed by atoms with van der Waals surface area (Å²) in [6.45, 7) is 0. The molecule has 0 fully saturated rings. The summed E-state index contributed by atoms with van der Waals surface area (Å²) >= 11 is 3.52. The van der Waals surface area contributed by atoms with Gasteiger partial charge >= 0.3 is 0 Å². The zero-order valence-corrected chi connectivity index (χ0v) is 58.0. The molecule has 0 saturated heterocycles. The van der Waals surface area contributed by atoms with E-state index < -0.39 is 0 Å². The molecule has 106 heavy (non-hydrogen) atoms.